The fourth-order valence-corrected chi connectivity index (χ4v) is 2.03. The van der Waals surface area contributed by atoms with E-state index in [0.717, 1.165) is 12.8 Å². The first-order chi connectivity index (χ1) is 11.9. The lowest BCUT2D eigenvalue weighted by Gasteiger charge is -2.01. The summed E-state index contributed by atoms with van der Waals surface area (Å²) in [6.07, 6.45) is 14.1. The van der Waals surface area contributed by atoms with E-state index < -0.39 is 0 Å². The van der Waals surface area contributed by atoms with E-state index in [2.05, 4.69) is 69.2 Å². The Morgan fingerprint density at radius 1 is 0.667 bits per heavy atom. The summed E-state index contributed by atoms with van der Waals surface area (Å²) in [6.45, 7) is 2.84. The molecule has 0 unspecified atom stereocenters. The quantitative estimate of drug-likeness (QED) is 0.122. The minimum absolute atomic E-state index is 0.595. The predicted molar refractivity (Wildman–Crippen MR) is 83.4 cm³/mol. The highest BCUT2D eigenvalue weighted by atomic mass is 35.5. The molecule has 142 valence electrons. The molecule has 11 heteroatoms. The Hall–Kier alpha value is -0.910. The van der Waals surface area contributed by atoms with E-state index in [1.807, 2.05) is 0 Å². The Balaban J connectivity index is 3.12. The third-order valence-electron chi connectivity index (χ3n) is 3.17. The Morgan fingerprint density at radius 3 is 1.88 bits per heavy atom. The Kier molecular flexibility index (Phi) is 21.3. The van der Waals surface area contributed by atoms with Crippen LogP contribution in [-0.2, 0) is 29.6 Å². The van der Waals surface area contributed by atoms with Crippen LogP contribution in [0.1, 0.15) is 77.6 Å². The average Bonchev–Trinajstić information content (AvgIpc) is 2.60. The van der Waals surface area contributed by atoms with Gasteiger partial charge in [-0.25, -0.2) is 0 Å². The maximum Gasteiger partial charge on any atom is 0.103 e. The van der Waals surface area contributed by atoms with E-state index in [0.29, 0.717) is 6.54 Å². The van der Waals surface area contributed by atoms with Crippen LogP contribution in [0, 0.1) is 0 Å². The average molecular weight is 371 g/mol. The minimum Gasteiger partial charge on any atom is -0.167 e. The number of rotatable bonds is 19. The molecule has 0 rings (SSSR count). The van der Waals surface area contributed by atoms with Crippen LogP contribution in [0.15, 0.2) is 20.8 Å². The molecule has 0 saturated carbocycles. The summed E-state index contributed by atoms with van der Waals surface area (Å²) in [5.74, 6) is 0. The Bertz CT molecular complexity index is 300. The van der Waals surface area contributed by atoms with Crippen molar-refractivity contribution in [2.45, 2.75) is 77.6 Å². The van der Waals surface area contributed by atoms with E-state index in [-0.39, 0.29) is 0 Å². The van der Waals surface area contributed by atoms with Crippen molar-refractivity contribution in [3.8, 4) is 0 Å². The van der Waals surface area contributed by atoms with Gasteiger partial charge in [-0.1, -0.05) is 75.6 Å². The third-order valence-corrected chi connectivity index (χ3v) is 3.23. The van der Waals surface area contributed by atoms with Gasteiger partial charge in [0.2, 0.25) is 0 Å². The van der Waals surface area contributed by atoms with Gasteiger partial charge in [-0.2, -0.15) is 10.1 Å². The fraction of sp³-hybridized carbons (Fsp3) is 1.00. The maximum atomic E-state index is 4.59. The van der Waals surface area contributed by atoms with Crippen molar-refractivity contribution in [2.75, 3.05) is 6.54 Å². The van der Waals surface area contributed by atoms with Crippen LogP contribution in [0.2, 0.25) is 0 Å². The van der Waals surface area contributed by atoms with E-state index in [1.165, 1.54) is 57.8 Å². The molecule has 0 aliphatic carbocycles. The molecule has 0 heterocycles. The first-order valence-corrected chi connectivity index (χ1v) is 8.60. The van der Waals surface area contributed by atoms with E-state index in [9.17, 15) is 0 Å². The number of nitrogens with zero attached hydrogens (tertiary/aromatic N) is 4. The lowest BCUT2D eigenvalue weighted by Crippen LogP contribution is -1.94. The lowest BCUT2D eigenvalue weighted by atomic mass is 10.1. The van der Waals surface area contributed by atoms with Gasteiger partial charge in [0.15, 0.2) is 0 Å². The Morgan fingerprint density at radius 2 is 1.25 bits per heavy atom. The van der Waals surface area contributed by atoms with Crippen molar-refractivity contribution in [3.05, 3.63) is 0 Å². The van der Waals surface area contributed by atoms with Crippen molar-refractivity contribution in [1.29, 1.82) is 0 Å². The zero-order valence-electron chi connectivity index (χ0n) is 14.1. The molecule has 0 aromatic rings. The molecule has 0 aromatic heterocycles. The number of halogens is 1. The van der Waals surface area contributed by atoms with Gasteiger partial charge in [-0.3, -0.25) is 0 Å². The van der Waals surface area contributed by atoms with Crippen LogP contribution in [0.5, 0.6) is 0 Å². The van der Waals surface area contributed by atoms with Crippen molar-refractivity contribution in [2.24, 2.45) is 20.8 Å². The molecule has 0 bridgehead atoms. The standard InChI is InChI=1S/C13H27ClN4O6/c1-2-3-4-5-6-7-8-9-10-11-12-13-15-16-17-18-20-22-24-23-21-19-14/h2-13H2,1H3/b16-15?,18-17+. The molecule has 10 nitrogen and oxygen atoms in total. The molecule has 0 radical (unpaired) electrons. The number of hydrogen-bond acceptors (Lipinski definition) is 8. The summed E-state index contributed by atoms with van der Waals surface area (Å²) in [5.41, 5.74) is 0. The smallest absolute Gasteiger partial charge is 0.103 e. The predicted octanol–water partition coefficient (Wildman–Crippen LogP) is 5.86. The van der Waals surface area contributed by atoms with Gasteiger partial charge < -0.3 is 0 Å². The molecule has 0 aliphatic rings. The topological polar surface area (TPSA) is 105 Å². The van der Waals surface area contributed by atoms with Gasteiger partial charge in [0.1, 0.15) is 11.9 Å². The summed E-state index contributed by atoms with van der Waals surface area (Å²) < 4.78 is 3.48. The molecule has 0 aromatic carbocycles. The highest BCUT2D eigenvalue weighted by molar-refractivity contribution is 6.06. The fourth-order valence-electron chi connectivity index (χ4n) is 2.01. The van der Waals surface area contributed by atoms with Crippen LogP contribution >= 0.6 is 11.9 Å². The molecule has 0 N–H and O–H groups in total. The van der Waals surface area contributed by atoms with Crippen LogP contribution in [0.25, 0.3) is 0 Å². The summed E-state index contributed by atoms with van der Waals surface area (Å²) in [7, 11) is 0. The SMILES string of the molecule is CCCCCCCCCCCCCN=N/N=N/OOOOOOCl. The second kappa shape index (κ2) is 22.1. The van der Waals surface area contributed by atoms with Crippen molar-refractivity contribution in [1.82, 2.24) is 0 Å². The van der Waals surface area contributed by atoms with Crippen LogP contribution in [-0.4, -0.2) is 6.54 Å². The van der Waals surface area contributed by atoms with Crippen LogP contribution < -0.4 is 0 Å². The second-order valence-corrected chi connectivity index (χ2v) is 5.20. The van der Waals surface area contributed by atoms with Crippen LogP contribution in [0.4, 0.5) is 0 Å². The molecule has 24 heavy (non-hydrogen) atoms. The van der Waals surface area contributed by atoms with Gasteiger partial charge in [0.25, 0.3) is 0 Å². The Labute approximate surface area is 147 Å². The first-order valence-electron chi connectivity index (χ1n) is 8.29. The van der Waals surface area contributed by atoms with Gasteiger partial charge in [0.05, 0.1) is 11.8 Å². The van der Waals surface area contributed by atoms with E-state index in [1.54, 1.807) is 0 Å². The molecule has 0 amide bonds. The summed E-state index contributed by atoms with van der Waals surface area (Å²) in [6, 6.07) is 0. The maximum absolute atomic E-state index is 4.59. The van der Waals surface area contributed by atoms with Gasteiger partial charge in [-0.05, 0) is 21.7 Å². The molecule has 0 fully saturated rings. The van der Waals surface area contributed by atoms with Gasteiger partial charge in [0, 0.05) is 15.3 Å². The van der Waals surface area contributed by atoms with Gasteiger partial charge >= 0.3 is 0 Å². The third kappa shape index (κ3) is 21.1. The van der Waals surface area contributed by atoms with Gasteiger partial charge in [-0.15, -0.1) is 0 Å². The highest BCUT2D eigenvalue weighted by Crippen LogP contribution is 2.11. The zero-order valence-corrected chi connectivity index (χ0v) is 14.9. The highest BCUT2D eigenvalue weighted by Gasteiger charge is 1.93. The summed E-state index contributed by atoms with van der Waals surface area (Å²) >= 11 is 4.59. The molecule has 0 atom stereocenters. The molecular weight excluding hydrogens is 344 g/mol. The molecule has 0 aliphatic heterocycles. The van der Waals surface area contributed by atoms with Crippen molar-refractivity contribution >= 4 is 11.9 Å². The van der Waals surface area contributed by atoms with Crippen molar-refractivity contribution in [3.63, 3.8) is 0 Å². The number of hydrogen-bond donors (Lipinski definition) is 0. The molecule has 0 spiro atoms. The zero-order chi connectivity index (χ0) is 17.6. The van der Waals surface area contributed by atoms with E-state index in [4.69, 9.17) is 0 Å². The summed E-state index contributed by atoms with van der Waals surface area (Å²) in [4.78, 5) is 3.97. The molecule has 0 saturated heterocycles. The second-order valence-electron chi connectivity index (χ2n) is 5.07. The molecular formula is C13H27ClN4O6. The largest absolute Gasteiger partial charge is 0.167 e. The summed E-state index contributed by atoms with van der Waals surface area (Å²) in [5, 5.41) is 28.1. The minimum atomic E-state index is 0.595. The monoisotopic (exact) mass is 370 g/mol. The van der Waals surface area contributed by atoms with Crippen molar-refractivity contribution < 1.29 is 29.6 Å². The van der Waals surface area contributed by atoms with Crippen LogP contribution in [0.3, 0.4) is 0 Å². The first kappa shape index (κ1) is 23.1. The number of unbranched alkanes of at least 4 members (excludes halogenated alkanes) is 10. The lowest BCUT2D eigenvalue weighted by molar-refractivity contribution is -0.747. The normalized spacial score (nSPS) is 11.8. The van der Waals surface area contributed by atoms with E-state index >= 15 is 0 Å².